The minimum atomic E-state index is -0.402. The van der Waals surface area contributed by atoms with Crippen molar-refractivity contribution in [1.29, 1.82) is 0 Å². The van der Waals surface area contributed by atoms with E-state index >= 15 is 0 Å². The van der Waals surface area contributed by atoms with Gasteiger partial charge in [0, 0.05) is 51.9 Å². The Balaban J connectivity index is 2.41. The van der Waals surface area contributed by atoms with Crippen molar-refractivity contribution >= 4 is 17.3 Å². The molecule has 108 valence electrons. The van der Waals surface area contributed by atoms with Crippen molar-refractivity contribution in [3.8, 4) is 0 Å². The van der Waals surface area contributed by atoms with E-state index < -0.39 is 4.92 Å². The van der Waals surface area contributed by atoms with E-state index in [1.165, 1.54) is 17.0 Å². The first-order chi connectivity index (χ1) is 9.50. The van der Waals surface area contributed by atoms with Gasteiger partial charge in [-0.15, -0.1) is 0 Å². The number of nitrogens with zero attached hydrogens (tertiary/aromatic N) is 3. The molecule has 20 heavy (non-hydrogen) atoms. The van der Waals surface area contributed by atoms with Crippen LogP contribution in [0, 0.1) is 10.1 Å². The molecule has 0 saturated carbocycles. The van der Waals surface area contributed by atoms with Gasteiger partial charge < -0.3 is 15.1 Å². The third-order valence-electron chi connectivity index (χ3n) is 3.28. The van der Waals surface area contributed by atoms with Crippen LogP contribution in [0.1, 0.15) is 10.4 Å². The van der Waals surface area contributed by atoms with Crippen LogP contribution in [0.15, 0.2) is 18.2 Å². The normalized spacial score (nSPS) is 15.0. The first-order valence-electron chi connectivity index (χ1n) is 6.46. The molecular formula is C13H18N4O3. The molecule has 1 aromatic rings. The van der Waals surface area contributed by atoms with E-state index in [0.717, 1.165) is 13.1 Å². The van der Waals surface area contributed by atoms with Crippen LogP contribution >= 0.6 is 0 Å². The van der Waals surface area contributed by atoms with Gasteiger partial charge in [-0.3, -0.25) is 14.9 Å². The highest BCUT2D eigenvalue weighted by molar-refractivity contribution is 5.95. The number of nitrogens with one attached hydrogen (secondary N) is 1. The van der Waals surface area contributed by atoms with E-state index in [-0.39, 0.29) is 11.6 Å². The zero-order valence-electron chi connectivity index (χ0n) is 11.6. The van der Waals surface area contributed by atoms with Gasteiger partial charge in [-0.05, 0) is 12.1 Å². The maximum absolute atomic E-state index is 12.0. The molecule has 0 aromatic heterocycles. The Bertz CT molecular complexity index is 524. The molecule has 1 saturated heterocycles. The molecule has 1 fully saturated rings. The zero-order valence-corrected chi connectivity index (χ0v) is 11.6. The summed E-state index contributed by atoms with van der Waals surface area (Å²) in [6.07, 6.45) is 0. The predicted octanol–water partition coefficient (Wildman–Crippen LogP) is 0.706. The summed E-state index contributed by atoms with van der Waals surface area (Å²) in [6, 6.07) is 4.53. The van der Waals surface area contributed by atoms with Crippen molar-refractivity contribution < 1.29 is 9.72 Å². The molecule has 0 spiro atoms. The molecule has 1 aliphatic heterocycles. The van der Waals surface area contributed by atoms with E-state index in [1.807, 2.05) is 4.90 Å². The summed E-state index contributed by atoms with van der Waals surface area (Å²) >= 11 is 0. The monoisotopic (exact) mass is 278 g/mol. The first-order valence-corrected chi connectivity index (χ1v) is 6.46. The summed E-state index contributed by atoms with van der Waals surface area (Å²) in [5, 5.41) is 14.3. The fraction of sp³-hybridized carbons (Fsp3) is 0.462. The molecule has 1 amide bonds. The van der Waals surface area contributed by atoms with E-state index in [2.05, 4.69) is 5.32 Å². The second-order valence-electron chi connectivity index (χ2n) is 4.90. The topological polar surface area (TPSA) is 78.7 Å². The van der Waals surface area contributed by atoms with Crippen molar-refractivity contribution in [2.24, 2.45) is 0 Å². The van der Waals surface area contributed by atoms with Gasteiger partial charge in [0.15, 0.2) is 0 Å². The number of benzene rings is 1. The van der Waals surface area contributed by atoms with Gasteiger partial charge in [0.2, 0.25) is 0 Å². The summed E-state index contributed by atoms with van der Waals surface area (Å²) in [5.74, 6) is -0.156. The number of rotatable bonds is 3. The second-order valence-corrected chi connectivity index (χ2v) is 4.90. The summed E-state index contributed by atoms with van der Waals surface area (Å²) in [5.41, 5.74) is 1.03. The third kappa shape index (κ3) is 2.88. The fourth-order valence-electron chi connectivity index (χ4n) is 2.23. The molecule has 0 bridgehead atoms. The Morgan fingerprint density at radius 1 is 1.35 bits per heavy atom. The number of piperazine rings is 1. The van der Waals surface area contributed by atoms with Crippen LogP contribution in [0.4, 0.5) is 11.4 Å². The Kier molecular flexibility index (Phi) is 4.19. The number of amides is 1. The Morgan fingerprint density at radius 2 is 2.00 bits per heavy atom. The lowest BCUT2D eigenvalue weighted by Crippen LogP contribution is -2.43. The molecular weight excluding hydrogens is 260 g/mol. The van der Waals surface area contributed by atoms with Crippen LogP contribution in [-0.4, -0.2) is 56.0 Å². The fourth-order valence-corrected chi connectivity index (χ4v) is 2.23. The second kappa shape index (κ2) is 5.87. The summed E-state index contributed by atoms with van der Waals surface area (Å²) in [7, 11) is 3.32. The van der Waals surface area contributed by atoms with Crippen LogP contribution in [0.2, 0.25) is 0 Å². The van der Waals surface area contributed by atoms with Crippen molar-refractivity contribution in [2.45, 2.75) is 0 Å². The maximum Gasteiger partial charge on any atom is 0.292 e. The number of hydrogen-bond acceptors (Lipinski definition) is 5. The highest BCUT2D eigenvalue weighted by atomic mass is 16.6. The number of nitro benzene ring substituents is 1. The summed E-state index contributed by atoms with van der Waals surface area (Å²) in [6.45, 7) is 2.95. The van der Waals surface area contributed by atoms with Crippen LogP contribution in [-0.2, 0) is 0 Å². The zero-order chi connectivity index (χ0) is 14.7. The lowest BCUT2D eigenvalue weighted by atomic mass is 10.1. The average Bonchev–Trinajstić information content (AvgIpc) is 2.46. The summed E-state index contributed by atoms with van der Waals surface area (Å²) < 4.78 is 0. The quantitative estimate of drug-likeness (QED) is 0.650. The van der Waals surface area contributed by atoms with Gasteiger partial charge in [0.1, 0.15) is 5.69 Å². The van der Waals surface area contributed by atoms with Crippen molar-refractivity contribution in [3.05, 3.63) is 33.9 Å². The molecule has 0 aliphatic carbocycles. The van der Waals surface area contributed by atoms with Gasteiger partial charge in [0.05, 0.1) is 4.92 Å². The molecule has 7 heteroatoms. The molecule has 0 atom stereocenters. The molecule has 7 nitrogen and oxygen atoms in total. The molecule has 1 aliphatic rings. The van der Waals surface area contributed by atoms with Crippen molar-refractivity contribution in [1.82, 2.24) is 10.2 Å². The Hall–Kier alpha value is -2.15. The van der Waals surface area contributed by atoms with Gasteiger partial charge in [-0.1, -0.05) is 0 Å². The third-order valence-corrected chi connectivity index (χ3v) is 3.28. The minimum Gasteiger partial charge on any atom is -0.363 e. The van der Waals surface area contributed by atoms with Gasteiger partial charge in [-0.2, -0.15) is 0 Å². The van der Waals surface area contributed by atoms with E-state index in [1.54, 1.807) is 20.2 Å². The molecule has 1 N–H and O–H groups in total. The van der Waals surface area contributed by atoms with Gasteiger partial charge >= 0.3 is 0 Å². The number of anilines is 1. The predicted molar refractivity (Wildman–Crippen MR) is 76.2 cm³/mol. The lowest BCUT2D eigenvalue weighted by Gasteiger charge is -2.29. The highest BCUT2D eigenvalue weighted by Gasteiger charge is 2.23. The number of nitro groups is 1. The molecule has 2 rings (SSSR count). The van der Waals surface area contributed by atoms with Crippen LogP contribution < -0.4 is 10.2 Å². The van der Waals surface area contributed by atoms with E-state index in [0.29, 0.717) is 24.3 Å². The first kappa shape index (κ1) is 14.3. The van der Waals surface area contributed by atoms with E-state index in [9.17, 15) is 14.9 Å². The van der Waals surface area contributed by atoms with Crippen LogP contribution in [0.3, 0.4) is 0 Å². The van der Waals surface area contributed by atoms with Crippen LogP contribution in [0.25, 0.3) is 0 Å². The lowest BCUT2D eigenvalue weighted by molar-refractivity contribution is -0.384. The smallest absolute Gasteiger partial charge is 0.292 e. The maximum atomic E-state index is 12.0. The van der Waals surface area contributed by atoms with Crippen molar-refractivity contribution in [3.63, 3.8) is 0 Å². The van der Waals surface area contributed by atoms with Crippen molar-refractivity contribution in [2.75, 3.05) is 45.2 Å². The standard InChI is InChI=1S/C13H18N4O3/c1-15(2)13(18)10-3-4-11(17(19)20)12(9-10)16-7-5-14-6-8-16/h3-4,9,14H,5-8H2,1-2H3. The number of carbonyl (C=O) groups is 1. The van der Waals surface area contributed by atoms with Gasteiger partial charge in [-0.25, -0.2) is 0 Å². The number of carbonyl (C=O) groups excluding carboxylic acids is 1. The Morgan fingerprint density at radius 3 is 2.55 bits per heavy atom. The highest BCUT2D eigenvalue weighted by Crippen LogP contribution is 2.29. The van der Waals surface area contributed by atoms with Gasteiger partial charge in [0.25, 0.3) is 11.6 Å². The van der Waals surface area contributed by atoms with Crippen LogP contribution in [0.5, 0.6) is 0 Å². The molecule has 0 radical (unpaired) electrons. The number of hydrogen-bond donors (Lipinski definition) is 1. The summed E-state index contributed by atoms with van der Waals surface area (Å²) in [4.78, 5) is 26.1. The van der Waals surface area contributed by atoms with E-state index in [4.69, 9.17) is 0 Å². The molecule has 1 heterocycles. The molecule has 1 aromatic carbocycles. The average molecular weight is 278 g/mol. The molecule has 0 unspecified atom stereocenters. The largest absolute Gasteiger partial charge is 0.363 e. The Labute approximate surface area is 117 Å². The SMILES string of the molecule is CN(C)C(=O)c1ccc([N+](=O)[O-])c(N2CCNCC2)c1. The minimum absolute atomic E-state index is 0.0437.